The molecule has 3 nitrogen and oxygen atoms in total. The molecule has 0 spiro atoms. The molecule has 1 N–H and O–H groups in total. The van der Waals surface area contributed by atoms with Gasteiger partial charge < -0.3 is 5.32 Å². The molecule has 0 saturated carbocycles. The molecule has 1 heterocycles. The lowest BCUT2D eigenvalue weighted by Crippen LogP contribution is -2.22. The third kappa shape index (κ3) is 2.71. The third-order valence-electron chi connectivity index (χ3n) is 3.92. The van der Waals surface area contributed by atoms with E-state index in [0.29, 0.717) is 6.04 Å². The van der Waals surface area contributed by atoms with Crippen molar-refractivity contribution < 1.29 is 0 Å². The fourth-order valence-corrected chi connectivity index (χ4v) is 2.90. The van der Waals surface area contributed by atoms with Gasteiger partial charge in [-0.3, -0.25) is 4.68 Å². The molecule has 2 aromatic rings. The Kier molecular flexibility index (Phi) is 3.38. The second-order valence-corrected chi connectivity index (χ2v) is 5.48. The molecule has 0 bridgehead atoms. The Hall–Kier alpha value is -1.61. The average molecular weight is 255 g/mol. The van der Waals surface area contributed by atoms with E-state index in [4.69, 9.17) is 0 Å². The summed E-state index contributed by atoms with van der Waals surface area (Å²) in [5, 5.41) is 8.08. The lowest BCUT2D eigenvalue weighted by Gasteiger charge is -2.14. The molecule has 1 aliphatic rings. The van der Waals surface area contributed by atoms with Crippen LogP contribution in [0.15, 0.2) is 30.5 Å². The smallest absolute Gasteiger partial charge is 0.0637 e. The first-order valence-electron chi connectivity index (χ1n) is 7.04. The molecule has 0 aliphatic heterocycles. The maximum absolute atomic E-state index is 4.41. The van der Waals surface area contributed by atoms with Crippen molar-refractivity contribution in [3.05, 3.63) is 52.8 Å². The van der Waals surface area contributed by atoms with Crippen LogP contribution < -0.4 is 5.32 Å². The van der Waals surface area contributed by atoms with Crippen molar-refractivity contribution in [3.8, 4) is 0 Å². The first kappa shape index (κ1) is 12.4. The largest absolute Gasteiger partial charge is 0.310 e. The van der Waals surface area contributed by atoms with Crippen LogP contribution in [0.5, 0.6) is 0 Å². The van der Waals surface area contributed by atoms with Crippen LogP contribution in [-0.2, 0) is 19.9 Å². The van der Waals surface area contributed by atoms with Crippen LogP contribution in [0, 0.1) is 6.92 Å². The Morgan fingerprint density at radius 2 is 2.26 bits per heavy atom. The average Bonchev–Trinajstić information content (AvgIpc) is 2.97. The van der Waals surface area contributed by atoms with E-state index in [2.05, 4.69) is 41.6 Å². The van der Waals surface area contributed by atoms with Gasteiger partial charge in [0.15, 0.2) is 0 Å². The molecule has 1 unspecified atom stereocenters. The normalized spacial score (nSPS) is 17.7. The van der Waals surface area contributed by atoms with Crippen LogP contribution in [0.1, 0.15) is 34.8 Å². The number of aromatic nitrogens is 2. The highest BCUT2D eigenvalue weighted by atomic mass is 15.2. The monoisotopic (exact) mass is 255 g/mol. The summed E-state index contributed by atoms with van der Waals surface area (Å²) in [6.45, 7) is 3.17. The van der Waals surface area contributed by atoms with Gasteiger partial charge in [0.1, 0.15) is 0 Å². The van der Waals surface area contributed by atoms with E-state index in [9.17, 15) is 0 Å². The predicted molar refractivity (Wildman–Crippen MR) is 77.2 cm³/mol. The SMILES string of the molecule is Cc1ccc2c(c1)C(NCCc1ccn(C)n1)CC2. The van der Waals surface area contributed by atoms with E-state index in [-0.39, 0.29) is 0 Å². The van der Waals surface area contributed by atoms with Crippen molar-refractivity contribution in [3.63, 3.8) is 0 Å². The quantitative estimate of drug-likeness (QED) is 0.910. The van der Waals surface area contributed by atoms with Crippen molar-refractivity contribution in [1.29, 1.82) is 0 Å². The molecular formula is C16H21N3. The van der Waals surface area contributed by atoms with E-state index in [0.717, 1.165) is 18.7 Å². The van der Waals surface area contributed by atoms with Gasteiger partial charge in [-0.2, -0.15) is 5.10 Å². The van der Waals surface area contributed by atoms with Gasteiger partial charge >= 0.3 is 0 Å². The highest BCUT2D eigenvalue weighted by molar-refractivity contribution is 5.37. The van der Waals surface area contributed by atoms with Gasteiger partial charge in [-0.05, 0) is 37.0 Å². The Bertz CT molecular complexity index is 571. The van der Waals surface area contributed by atoms with E-state index in [1.807, 2.05) is 17.9 Å². The van der Waals surface area contributed by atoms with Crippen molar-refractivity contribution in [1.82, 2.24) is 15.1 Å². The molecule has 100 valence electrons. The highest BCUT2D eigenvalue weighted by Crippen LogP contribution is 2.31. The van der Waals surface area contributed by atoms with Crippen LogP contribution in [0.2, 0.25) is 0 Å². The van der Waals surface area contributed by atoms with Gasteiger partial charge in [0.2, 0.25) is 0 Å². The maximum Gasteiger partial charge on any atom is 0.0637 e. The minimum absolute atomic E-state index is 0.526. The van der Waals surface area contributed by atoms with Gasteiger partial charge in [-0.1, -0.05) is 23.8 Å². The van der Waals surface area contributed by atoms with Crippen LogP contribution >= 0.6 is 0 Å². The first-order chi connectivity index (χ1) is 9.22. The molecule has 1 atom stereocenters. The summed E-state index contributed by atoms with van der Waals surface area (Å²) in [4.78, 5) is 0. The Labute approximate surface area is 114 Å². The van der Waals surface area contributed by atoms with E-state index >= 15 is 0 Å². The number of nitrogens with zero attached hydrogens (tertiary/aromatic N) is 2. The molecule has 0 radical (unpaired) electrons. The fourth-order valence-electron chi connectivity index (χ4n) is 2.90. The van der Waals surface area contributed by atoms with Crippen molar-refractivity contribution in [2.45, 2.75) is 32.2 Å². The second-order valence-electron chi connectivity index (χ2n) is 5.48. The van der Waals surface area contributed by atoms with Gasteiger partial charge in [0, 0.05) is 32.3 Å². The molecule has 0 amide bonds. The van der Waals surface area contributed by atoms with E-state index in [1.165, 1.54) is 29.5 Å². The molecule has 1 aromatic heterocycles. The summed E-state index contributed by atoms with van der Waals surface area (Å²) in [5.41, 5.74) is 5.54. The molecule has 1 aliphatic carbocycles. The molecule has 1 aromatic carbocycles. The van der Waals surface area contributed by atoms with Crippen LogP contribution in [0.25, 0.3) is 0 Å². The first-order valence-corrected chi connectivity index (χ1v) is 7.04. The maximum atomic E-state index is 4.41. The number of hydrogen-bond donors (Lipinski definition) is 1. The lowest BCUT2D eigenvalue weighted by atomic mass is 10.0. The number of fused-ring (bicyclic) bond motifs is 1. The van der Waals surface area contributed by atoms with E-state index in [1.54, 1.807) is 0 Å². The third-order valence-corrected chi connectivity index (χ3v) is 3.92. The number of aryl methyl sites for hydroxylation is 3. The van der Waals surface area contributed by atoms with Gasteiger partial charge in [-0.25, -0.2) is 0 Å². The number of hydrogen-bond acceptors (Lipinski definition) is 2. The Morgan fingerprint density at radius 3 is 3.05 bits per heavy atom. The summed E-state index contributed by atoms with van der Waals surface area (Å²) < 4.78 is 1.86. The fraction of sp³-hybridized carbons (Fsp3) is 0.438. The summed E-state index contributed by atoms with van der Waals surface area (Å²) in [6.07, 6.45) is 5.43. The minimum Gasteiger partial charge on any atom is -0.310 e. The summed E-state index contributed by atoms with van der Waals surface area (Å²) in [7, 11) is 1.97. The van der Waals surface area contributed by atoms with Crippen LogP contribution in [0.3, 0.4) is 0 Å². The highest BCUT2D eigenvalue weighted by Gasteiger charge is 2.21. The Morgan fingerprint density at radius 1 is 1.37 bits per heavy atom. The molecule has 0 saturated heterocycles. The van der Waals surface area contributed by atoms with Gasteiger partial charge in [-0.15, -0.1) is 0 Å². The van der Waals surface area contributed by atoms with E-state index < -0.39 is 0 Å². The standard InChI is InChI=1S/C16H21N3/c1-12-3-4-13-5-6-16(15(13)11-12)17-9-7-14-8-10-19(2)18-14/h3-4,8,10-11,16-17H,5-7,9H2,1-2H3. The molecule has 0 fully saturated rings. The molecule has 3 rings (SSSR count). The lowest BCUT2D eigenvalue weighted by molar-refractivity contribution is 0.530. The predicted octanol–water partition coefficient (Wildman–Crippen LogP) is 2.55. The summed E-state index contributed by atoms with van der Waals surface area (Å²) in [5.74, 6) is 0. The Balaban J connectivity index is 1.59. The van der Waals surface area contributed by atoms with Crippen LogP contribution in [-0.4, -0.2) is 16.3 Å². The zero-order valence-corrected chi connectivity index (χ0v) is 11.7. The van der Waals surface area contributed by atoms with Crippen LogP contribution in [0.4, 0.5) is 0 Å². The number of benzene rings is 1. The van der Waals surface area contributed by atoms with Gasteiger partial charge in [0.25, 0.3) is 0 Å². The topological polar surface area (TPSA) is 29.9 Å². The number of rotatable bonds is 4. The molecular weight excluding hydrogens is 234 g/mol. The zero-order chi connectivity index (χ0) is 13.2. The second kappa shape index (κ2) is 5.17. The summed E-state index contributed by atoms with van der Waals surface area (Å²) >= 11 is 0. The zero-order valence-electron chi connectivity index (χ0n) is 11.7. The van der Waals surface area contributed by atoms with Crippen molar-refractivity contribution in [2.24, 2.45) is 7.05 Å². The number of nitrogens with one attached hydrogen (secondary N) is 1. The van der Waals surface area contributed by atoms with Crippen molar-refractivity contribution in [2.75, 3.05) is 6.54 Å². The minimum atomic E-state index is 0.526. The molecule has 19 heavy (non-hydrogen) atoms. The molecule has 3 heteroatoms. The van der Waals surface area contributed by atoms with Crippen molar-refractivity contribution >= 4 is 0 Å². The van der Waals surface area contributed by atoms with Gasteiger partial charge in [0.05, 0.1) is 5.69 Å². The summed E-state index contributed by atoms with van der Waals surface area (Å²) in [6, 6.07) is 9.45.